The summed E-state index contributed by atoms with van der Waals surface area (Å²) in [6, 6.07) is 4.14. The molecule has 0 aromatic carbocycles. The Morgan fingerprint density at radius 1 is 1.27 bits per heavy atom. The van der Waals surface area contributed by atoms with E-state index in [4.69, 9.17) is 0 Å². The van der Waals surface area contributed by atoms with Gasteiger partial charge in [0.2, 0.25) is 0 Å². The highest BCUT2D eigenvalue weighted by Gasteiger charge is 2.28. The van der Waals surface area contributed by atoms with Gasteiger partial charge in [-0.3, -0.25) is 0 Å². The SMILES string of the molecule is Cc1nccc(NCC2CN(c3cc4c(nn3)CCC4)C2)n1. The van der Waals surface area contributed by atoms with Crippen LogP contribution < -0.4 is 10.2 Å². The van der Waals surface area contributed by atoms with Crippen LogP contribution in [-0.4, -0.2) is 39.8 Å². The number of nitrogens with one attached hydrogen (secondary N) is 1. The third-order valence-corrected chi connectivity index (χ3v) is 4.44. The van der Waals surface area contributed by atoms with E-state index in [9.17, 15) is 0 Å². The van der Waals surface area contributed by atoms with Crippen molar-refractivity contribution < 1.29 is 0 Å². The van der Waals surface area contributed by atoms with E-state index in [1.807, 2.05) is 13.0 Å². The van der Waals surface area contributed by atoms with Crippen LogP contribution in [0.3, 0.4) is 0 Å². The summed E-state index contributed by atoms with van der Waals surface area (Å²) in [5, 5.41) is 12.1. The van der Waals surface area contributed by atoms with Crippen LogP contribution in [0.4, 0.5) is 11.6 Å². The molecule has 0 spiro atoms. The van der Waals surface area contributed by atoms with Gasteiger partial charge in [-0.05, 0) is 43.9 Å². The molecule has 0 unspecified atom stereocenters. The summed E-state index contributed by atoms with van der Waals surface area (Å²) in [5.74, 6) is 3.37. The average Bonchev–Trinajstić information content (AvgIpc) is 2.93. The molecule has 0 atom stereocenters. The molecule has 3 heterocycles. The Hall–Kier alpha value is -2.24. The van der Waals surface area contributed by atoms with E-state index in [2.05, 4.69) is 36.4 Å². The van der Waals surface area contributed by atoms with Crippen molar-refractivity contribution >= 4 is 11.6 Å². The zero-order valence-corrected chi connectivity index (χ0v) is 12.8. The number of fused-ring (bicyclic) bond motifs is 1. The maximum Gasteiger partial charge on any atom is 0.151 e. The second-order valence-corrected chi connectivity index (χ2v) is 6.17. The Labute approximate surface area is 130 Å². The minimum atomic E-state index is 0.630. The molecular formula is C16H20N6. The summed E-state index contributed by atoms with van der Waals surface area (Å²) in [4.78, 5) is 10.8. The van der Waals surface area contributed by atoms with Gasteiger partial charge in [0.1, 0.15) is 11.6 Å². The number of anilines is 2. The summed E-state index contributed by atoms with van der Waals surface area (Å²) >= 11 is 0. The lowest BCUT2D eigenvalue weighted by atomic mass is 10.00. The van der Waals surface area contributed by atoms with Crippen LogP contribution in [0.5, 0.6) is 0 Å². The molecule has 114 valence electrons. The Morgan fingerprint density at radius 2 is 2.18 bits per heavy atom. The first kappa shape index (κ1) is 13.4. The molecule has 6 heteroatoms. The second-order valence-electron chi connectivity index (χ2n) is 6.17. The fourth-order valence-electron chi connectivity index (χ4n) is 3.16. The summed E-state index contributed by atoms with van der Waals surface area (Å²) in [7, 11) is 0. The lowest BCUT2D eigenvalue weighted by Crippen LogP contribution is -2.50. The van der Waals surface area contributed by atoms with Crippen LogP contribution in [0.2, 0.25) is 0 Å². The Bertz CT molecular complexity index is 680. The molecule has 2 aliphatic rings. The maximum atomic E-state index is 4.37. The molecule has 0 saturated carbocycles. The molecule has 22 heavy (non-hydrogen) atoms. The predicted octanol–water partition coefficient (Wildman–Crippen LogP) is 1.61. The van der Waals surface area contributed by atoms with Crippen molar-refractivity contribution in [3.8, 4) is 0 Å². The first-order chi connectivity index (χ1) is 10.8. The van der Waals surface area contributed by atoms with Crippen LogP contribution >= 0.6 is 0 Å². The van der Waals surface area contributed by atoms with Crippen LogP contribution in [0.25, 0.3) is 0 Å². The van der Waals surface area contributed by atoms with Gasteiger partial charge in [-0.25, -0.2) is 9.97 Å². The lowest BCUT2D eigenvalue weighted by molar-refractivity contribution is 0.425. The first-order valence-electron chi connectivity index (χ1n) is 7.92. The monoisotopic (exact) mass is 296 g/mol. The third-order valence-electron chi connectivity index (χ3n) is 4.44. The Kier molecular flexibility index (Phi) is 3.36. The predicted molar refractivity (Wildman–Crippen MR) is 85.0 cm³/mol. The first-order valence-corrected chi connectivity index (χ1v) is 7.92. The standard InChI is InChI=1S/C16H20N6/c1-11-17-6-5-15(19-11)18-8-12-9-22(10-12)16-7-13-3-2-4-14(13)20-21-16/h5-7,12H,2-4,8-10H2,1H3,(H,17,18,19). The molecule has 1 fully saturated rings. The highest BCUT2D eigenvalue weighted by Crippen LogP contribution is 2.27. The number of hydrogen-bond donors (Lipinski definition) is 1. The highest BCUT2D eigenvalue weighted by atomic mass is 15.3. The second kappa shape index (κ2) is 5.51. The summed E-state index contributed by atoms with van der Waals surface area (Å²) in [6.07, 6.45) is 5.26. The topological polar surface area (TPSA) is 66.8 Å². The van der Waals surface area contributed by atoms with Gasteiger partial charge in [-0.2, -0.15) is 5.10 Å². The molecule has 6 nitrogen and oxygen atoms in total. The van der Waals surface area contributed by atoms with E-state index in [0.717, 1.165) is 49.9 Å². The molecule has 0 amide bonds. The van der Waals surface area contributed by atoms with Crippen molar-refractivity contribution in [1.82, 2.24) is 20.2 Å². The quantitative estimate of drug-likeness (QED) is 0.924. The highest BCUT2D eigenvalue weighted by molar-refractivity contribution is 5.45. The lowest BCUT2D eigenvalue weighted by Gasteiger charge is -2.40. The number of aromatic nitrogens is 4. The maximum absolute atomic E-state index is 4.37. The molecular weight excluding hydrogens is 276 g/mol. The van der Waals surface area contributed by atoms with Gasteiger partial charge in [0.15, 0.2) is 5.82 Å². The van der Waals surface area contributed by atoms with E-state index in [0.29, 0.717) is 5.92 Å². The number of nitrogens with zero attached hydrogens (tertiary/aromatic N) is 5. The zero-order chi connectivity index (χ0) is 14.9. The fourth-order valence-corrected chi connectivity index (χ4v) is 3.16. The Balaban J connectivity index is 1.31. The van der Waals surface area contributed by atoms with Crippen LogP contribution in [-0.2, 0) is 12.8 Å². The fraction of sp³-hybridized carbons (Fsp3) is 0.500. The molecule has 1 aliphatic carbocycles. The van der Waals surface area contributed by atoms with E-state index >= 15 is 0 Å². The van der Waals surface area contributed by atoms with E-state index < -0.39 is 0 Å². The van der Waals surface area contributed by atoms with Gasteiger partial charge in [0.05, 0.1) is 5.69 Å². The van der Waals surface area contributed by atoms with Gasteiger partial charge in [-0.15, -0.1) is 5.10 Å². The number of hydrogen-bond acceptors (Lipinski definition) is 6. The molecule has 0 radical (unpaired) electrons. The minimum absolute atomic E-state index is 0.630. The molecule has 0 bridgehead atoms. The van der Waals surface area contributed by atoms with Crippen LogP contribution in [0.1, 0.15) is 23.5 Å². The van der Waals surface area contributed by atoms with Crippen molar-refractivity contribution in [2.45, 2.75) is 26.2 Å². The third kappa shape index (κ3) is 2.61. The van der Waals surface area contributed by atoms with Gasteiger partial charge >= 0.3 is 0 Å². The minimum Gasteiger partial charge on any atom is -0.370 e. The Morgan fingerprint density at radius 3 is 3.05 bits per heavy atom. The molecule has 2 aromatic heterocycles. The van der Waals surface area contributed by atoms with Gasteiger partial charge < -0.3 is 10.2 Å². The number of rotatable bonds is 4. The van der Waals surface area contributed by atoms with E-state index in [-0.39, 0.29) is 0 Å². The molecule has 1 N–H and O–H groups in total. The molecule has 1 saturated heterocycles. The average molecular weight is 296 g/mol. The van der Waals surface area contributed by atoms with Crippen molar-refractivity contribution in [1.29, 1.82) is 0 Å². The smallest absolute Gasteiger partial charge is 0.151 e. The zero-order valence-electron chi connectivity index (χ0n) is 12.8. The van der Waals surface area contributed by atoms with Crippen molar-refractivity contribution in [2.24, 2.45) is 5.92 Å². The van der Waals surface area contributed by atoms with E-state index in [1.165, 1.54) is 17.7 Å². The van der Waals surface area contributed by atoms with Crippen molar-refractivity contribution in [2.75, 3.05) is 29.9 Å². The van der Waals surface area contributed by atoms with Crippen molar-refractivity contribution in [3.05, 3.63) is 35.4 Å². The van der Waals surface area contributed by atoms with Gasteiger partial charge in [-0.1, -0.05) is 0 Å². The normalized spacial score (nSPS) is 17.2. The summed E-state index contributed by atoms with van der Waals surface area (Å²) in [5.41, 5.74) is 2.59. The van der Waals surface area contributed by atoms with Crippen LogP contribution in [0.15, 0.2) is 18.3 Å². The molecule has 2 aromatic rings. The van der Waals surface area contributed by atoms with Gasteiger partial charge in [0.25, 0.3) is 0 Å². The van der Waals surface area contributed by atoms with Gasteiger partial charge in [0, 0.05) is 31.7 Å². The number of aryl methyl sites for hydroxylation is 3. The molecule has 4 rings (SSSR count). The largest absolute Gasteiger partial charge is 0.370 e. The molecule has 1 aliphatic heterocycles. The summed E-state index contributed by atoms with van der Waals surface area (Å²) < 4.78 is 0. The summed E-state index contributed by atoms with van der Waals surface area (Å²) in [6.45, 7) is 4.91. The van der Waals surface area contributed by atoms with Crippen LogP contribution in [0, 0.1) is 12.8 Å². The van der Waals surface area contributed by atoms with E-state index in [1.54, 1.807) is 6.20 Å². The van der Waals surface area contributed by atoms with Crippen molar-refractivity contribution in [3.63, 3.8) is 0 Å².